The van der Waals surface area contributed by atoms with Crippen molar-refractivity contribution in [2.24, 2.45) is 0 Å². The summed E-state index contributed by atoms with van der Waals surface area (Å²) in [4.78, 5) is 1.75. The molecule has 16 heavy (non-hydrogen) atoms. The lowest BCUT2D eigenvalue weighted by Gasteiger charge is -2.43. The van der Waals surface area contributed by atoms with E-state index in [9.17, 15) is 15.3 Å². The van der Waals surface area contributed by atoms with Gasteiger partial charge in [0.05, 0.1) is 18.8 Å². The third kappa shape index (κ3) is 3.13. The van der Waals surface area contributed by atoms with Gasteiger partial charge in [0.15, 0.2) is 0 Å². The van der Waals surface area contributed by atoms with Gasteiger partial charge in [-0.3, -0.25) is 4.90 Å². The van der Waals surface area contributed by atoms with Gasteiger partial charge in [-0.1, -0.05) is 0 Å². The van der Waals surface area contributed by atoms with E-state index < -0.39 is 24.4 Å². The molecular weight excluding hydrogens is 214 g/mol. The third-order valence-electron chi connectivity index (χ3n) is 3.07. The number of unbranched alkanes of at least 4 members (excludes halogenated alkanes) is 1. The molecule has 0 amide bonds. The molecule has 0 bridgehead atoms. The fraction of sp³-hybridized carbons (Fsp3) is 1.00. The molecular formula is C10H21NO5. The van der Waals surface area contributed by atoms with E-state index in [4.69, 9.17) is 10.2 Å². The van der Waals surface area contributed by atoms with Gasteiger partial charge in [-0.2, -0.15) is 0 Å². The Morgan fingerprint density at radius 3 is 2.25 bits per heavy atom. The Kier molecular flexibility index (Phi) is 5.60. The quantitative estimate of drug-likeness (QED) is 0.338. The van der Waals surface area contributed by atoms with Crippen LogP contribution in [0.3, 0.4) is 0 Å². The van der Waals surface area contributed by atoms with Gasteiger partial charge in [0.25, 0.3) is 0 Å². The van der Waals surface area contributed by atoms with E-state index in [1.807, 2.05) is 0 Å². The number of piperidine rings is 1. The minimum absolute atomic E-state index is 0.103. The van der Waals surface area contributed by atoms with Crippen LogP contribution in [0.4, 0.5) is 0 Å². The molecule has 6 nitrogen and oxygen atoms in total. The van der Waals surface area contributed by atoms with Gasteiger partial charge in [-0.05, 0) is 19.4 Å². The van der Waals surface area contributed by atoms with Gasteiger partial charge in [0.2, 0.25) is 0 Å². The fourth-order valence-corrected chi connectivity index (χ4v) is 2.06. The molecule has 1 aliphatic rings. The van der Waals surface area contributed by atoms with Crippen molar-refractivity contribution in [1.82, 2.24) is 4.90 Å². The van der Waals surface area contributed by atoms with Crippen LogP contribution in [0.25, 0.3) is 0 Å². The topological polar surface area (TPSA) is 104 Å². The summed E-state index contributed by atoms with van der Waals surface area (Å²) in [7, 11) is 0. The average Bonchev–Trinajstić information content (AvgIpc) is 2.27. The number of likely N-dealkylation sites (tertiary alicyclic amines) is 1. The van der Waals surface area contributed by atoms with Crippen LogP contribution in [0.2, 0.25) is 0 Å². The highest BCUT2D eigenvalue weighted by Crippen LogP contribution is 2.19. The smallest absolute Gasteiger partial charge is 0.109 e. The maximum atomic E-state index is 9.67. The second kappa shape index (κ2) is 6.48. The Labute approximate surface area is 94.7 Å². The lowest BCUT2D eigenvalue weighted by atomic mass is 9.94. The molecule has 5 N–H and O–H groups in total. The fourth-order valence-electron chi connectivity index (χ4n) is 2.06. The molecule has 1 aliphatic heterocycles. The first-order valence-electron chi connectivity index (χ1n) is 5.61. The third-order valence-corrected chi connectivity index (χ3v) is 3.07. The van der Waals surface area contributed by atoms with E-state index in [-0.39, 0.29) is 19.8 Å². The number of hydrogen-bond acceptors (Lipinski definition) is 6. The number of aliphatic hydroxyl groups is 5. The summed E-state index contributed by atoms with van der Waals surface area (Å²) in [5, 5.41) is 46.4. The highest BCUT2D eigenvalue weighted by atomic mass is 16.4. The summed E-state index contributed by atoms with van der Waals surface area (Å²) in [6.07, 6.45) is -1.97. The van der Waals surface area contributed by atoms with Crippen molar-refractivity contribution in [3.63, 3.8) is 0 Å². The van der Waals surface area contributed by atoms with E-state index in [2.05, 4.69) is 0 Å². The van der Waals surface area contributed by atoms with Gasteiger partial charge >= 0.3 is 0 Å². The van der Waals surface area contributed by atoms with E-state index >= 15 is 0 Å². The summed E-state index contributed by atoms with van der Waals surface area (Å²) in [5.41, 5.74) is 0. The first-order valence-corrected chi connectivity index (χ1v) is 5.61. The molecule has 0 radical (unpaired) electrons. The van der Waals surface area contributed by atoms with Crippen molar-refractivity contribution >= 4 is 0 Å². The van der Waals surface area contributed by atoms with Gasteiger partial charge in [-0.15, -0.1) is 0 Å². The molecule has 0 aromatic heterocycles. The predicted octanol–water partition coefficient (Wildman–Crippen LogP) is -2.48. The lowest BCUT2D eigenvalue weighted by molar-refractivity contribution is -0.145. The predicted molar refractivity (Wildman–Crippen MR) is 56.8 cm³/mol. The highest BCUT2D eigenvalue weighted by Gasteiger charge is 2.40. The number of β-amino-alcohol motifs (C(OH)–C–C–N with tert-alkyl or cyclic N) is 1. The Morgan fingerprint density at radius 1 is 1.00 bits per heavy atom. The Bertz CT molecular complexity index is 204. The van der Waals surface area contributed by atoms with Gasteiger partial charge in [0.1, 0.15) is 12.2 Å². The van der Waals surface area contributed by atoms with Crippen molar-refractivity contribution in [3.8, 4) is 0 Å². The standard InChI is InChI=1S/C10H21NO5/c12-4-2-1-3-11-5-8(14)10(16)9(15)7(11)6-13/h7-10,12-16H,1-6H2/t7-,8+,9-,10-/m1/s1. The molecule has 0 unspecified atom stereocenters. The summed E-state index contributed by atoms with van der Waals surface area (Å²) in [6.45, 7) is 0.650. The Hall–Kier alpha value is -0.240. The normalized spacial score (nSPS) is 36.6. The molecule has 0 aromatic rings. The summed E-state index contributed by atoms with van der Waals surface area (Å²) >= 11 is 0. The Morgan fingerprint density at radius 2 is 1.69 bits per heavy atom. The number of hydrogen-bond donors (Lipinski definition) is 5. The molecule has 1 saturated heterocycles. The molecule has 0 spiro atoms. The van der Waals surface area contributed by atoms with Crippen LogP contribution in [0.15, 0.2) is 0 Å². The maximum absolute atomic E-state index is 9.67. The van der Waals surface area contributed by atoms with Crippen LogP contribution >= 0.6 is 0 Å². The van der Waals surface area contributed by atoms with Crippen molar-refractivity contribution in [1.29, 1.82) is 0 Å². The van der Waals surface area contributed by atoms with Crippen molar-refractivity contribution in [3.05, 3.63) is 0 Å². The Balaban J connectivity index is 2.53. The largest absolute Gasteiger partial charge is 0.396 e. The first-order chi connectivity index (χ1) is 7.61. The van der Waals surface area contributed by atoms with Crippen molar-refractivity contribution in [2.75, 3.05) is 26.3 Å². The van der Waals surface area contributed by atoms with Gasteiger partial charge in [-0.25, -0.2) is 0 Å². The lowest BCUT2D eigenvalue weighted by Crippen LogP contribution is -2.62. The molecule has 1 fully saturated rings. The van der Waals surface area contributed by atoms with Crippen LogP contribution in [-0.2, 0) is 0 Å². The molecule has 6 heteroatoms. The zero-order valence-electron chi connectivity index (χ0n) is 9.24. The summed E-state index contributed by atoms with van der Waals surface area (Å²) < 4.78 is 0. The van der Waals surface area contributed by atoms with Crippen LogP contribution < -0.4 is 0 Å². The summed E-state index contributed by atoms with van der Waals surface area (Å²) in [6, 6.07) is -0.544. The van der Waals surface area contributed by atoms with E-state index in [1.165, 1.54) is 0 Å². The molecule has 0 aliphatic carbocycles. The molecule has 0 aromatic carbocycles. The van der Waals surface area contributed by atoms with Crippen LogP contribution in [0, 0.1) is 0 Å². The molecule has 4 atom stereocenters. The van der Waals surface area contributed by atoms with Crippen molar-refractivity contribution < 1.29 is 25.5 Å². The molecule has 96 valence electrons. The second-order valence-electron chi connectivity index (χ2n) is 4.22. The second-order valence-corrected chi connectivity index (χ2v) is 4.22. The highest BCUT2D eigenvalue weighted by molar-refractivity contribution is 4.93. The van der Waals surface area contributed by atoms with Crippen molar-refractivity contribution in [2.45, 2.75) is 37.2 Å². The minimum atomic E-state index is -1.20. The van der Waals surface area contributed by atoms with E-state index in [1.54, 1.807) is 4.90 Å². The van der Waals surface area contributed by atoms with Crippen LogP contribution in [-0.4, -0.2) is 81.1 Å². The summed E-state index contributed by atoms with van der Waals surface area (Å²) in [5.74, 6) is 0. The maximum Gasteiger partial charge on any atom is 0.109 e. The zero-order chi connectivity index (χ0) is 12.1. The molecule has 1 heterocycles. The number of aliphatic hydroxyl groups excluding tert-OH is 5. The number of rotatable bonds is 5. The van der Waals surface area contributed by atoms with Crippen LogP contribution in [0.5, 0.6) is 0 Å². The van der Waals surface area contributed by atoms with Gasteiger partial charge < -0.3 is 25.5 Å². The zero-order valence-corrected chi connectivity index (χ0v) is 9.24. The minimum Gasteiger partial charge on any atom is -0.396 e. The van der Waals surface area contributed by atoms with Crippen LogP contribution in [0.1, 0.15) is 12.8 Å². The monoisotopic (exact) mass is 235 g/mol. The van der Waals surface area contributed by atoms with E-state index in [0.29, 0.717) is 13.0 Å². The molecule has 0 saturated carbocycles. The molecule has 1 rings (SSSR count). The first kappa shape index (κ1) is 13.8. The SMILES string of the molecule is OCCCCN1C[C@H](O)[C@@H](O)[C@H](O)[C@H]1CO. The average molecular weight is 235 g/mol. The van der Waals surface area contributed by atoms with E-state index in [0.717, 1.165) is 6.42 Å². The number of nitrogens with zero attached hydrogens (tertiary/aromatic N) is 1. The van der Waals surface area contributed by atoms with Gasteiger partial charge in [0, 0.05) is 13.2 Å².